The third-order valence-electron chi connectivity index (χ3n) is 2.96. The summed E-state index contributed by atoms with van der Waals surface area (Å²) in [5, 5.41) is 4.24. The molecule has 0 unspecified atom stereocenters. The van der Waals surface area contributed by atoms with Gasteiger partial charge in [0.05, 0.1) is 12.6 Å². The lowest BCUT2D eigenvalue weighted by Gasteiger charge is -2.18. The maximum absolute atomic E-state index is 11.3. The number of hydrogen-bond donors (Lipinski definition) is 0. The molecule has 0 aliphatic heterocycles. The highest BCUT2D eigenvalue weighted by molar-refractivity contribution is 6.02. The minimum absolute atomic E-state index is 0.0428. The van der Waals surface area contributed by atoms with E-state index in [9.17, 15) is 9.59 Å². The van der Waals surface area contributed by atoms with Crippen LogP contribution in [0.1, 0.15) is 50.6 Å². The fraction of sp³-hybridized carbons (Fsp3) is 0.583. The van der Waals surface area contributed by atoms with Gasteiger partial charge in [-0.15, -0.1) is 0 Å². The second-order valence-corrected chi connectivity index (χ2v) is 4.71. The van der Waals surface area contributed by atoms with Gasteiger partial charge in [-0.25, -0.2) is 0 Å². The molecule has 1 saturated carbocycles. The summed E-state index contributed by atoms with van der Waals surface area (Å²) in [7, 11) is 0. The molecular weight excluding hydrogens is 204 g/mol. The van der Waals surface area contributed by atoms with E-state index in [-0.39, 0.29) is 23.9 Å². The van der Waals surface area contributed by atoms with Crippen LogP contribution in [0.2, 0.25) is 0 Å². The van der Waals surface area contributed by atoms with E-state index in [1.807, 2.05) is 24.7 Å². The SMILES string of the molecule is CC(C)n1cc(C2CC(=O)CC(=O)C2)cn1. The lowest BCUT2D eigenvalue weighted by molar-refractivity contribution is -0.130. The number of ketones is 2. The first-order valence-corrected chi connectivity index (χ1v) is 5.63. The van der Waals surface area contributed by atoms with E-state index >= 15 is 0 Å². The Labute approximate surface area is 94.6 Å². The summed E-state index contributed by atoms with van der Waals surface area (Å²) in [6.07, 6.45) is 4.80. The van der Waals surface area contributed by atoms with Gasteiger partial charge in [0, 0.05) is 31.0 Å². The molecule has 0 bridgehead atoms. The maximum Gasteiger partial charge on any atom is 0.140 e. The van der Waals surface area contributed by atoms with Gasteiger partial charge in [0.2, 0.25) is 0 Å². The maximum atomic E-state index is 11.3. The number of carbonyl (C=O) groups excluding carboxylic acids is 2. The molecule has 0 atom stereocenters. The van der Waals surface area contributed by atoms with Crippen LogP contribution in [0, 0.1) is 0 Å². The summed E-state index contributed by atoms with van der Waals surface area (Å²) in [6, 6.07) is 0.309. The van der Waals surface area contributed by atoms with Crippen LogP contribution in [0.5, 0.6) is 0 Å². The van der Waals surface area contributed by atoms with E-state index in [0.29, 0.717) is 18.9 Å². The Morgan fingerprint density at radius 1 is 1.31 bits per heavy atom. The quantitative estimate of drug-likeness (QED) is 0.715. The van der Waals surface area contributed by atoms with Crippen molar-refractivity contribution in [2.24, 2.45) is 0 Å². The van der Waals surface area contributed by atoms with Crippen LogP contribution in [0.3, 0.4) is 0 Å². The van der Waals surface area contributed by atoms with Crippen LogP contribution in [0.15, 0.2) is 12.4 Å². The molecule has 1 heterocycles. The second-order valence-electron chi connectivity index (χ2n) is 4.71. The Balaban J connectivity index is 2.16. The van der Waals surface area contributed by atoms with Crippen molar-refractivity contribution in [1.82, 2.24) is 9.78 Å². The Bertz CT molecular complexity index is 404. The van der Waals surface area contributed by atoms with E-state index in [2.05, 4.69) is 5.10 Å². The van der Waals surface area contributed by atoms with Crippen molar-refractivity contribution >= 4 is 11.6 Å². The van der Waals surface area contributed by atoms with E-state index in [4.69, 9.17) is 0 Å². The smallest absolute Gasteiger partial charge is 0.140 e. The van der Waals surface area contributed by atoms with Crippen molar-refractivity contribution in [3.05, 3.63) is 18.0 Å². The number of aromatic nitrogens is 2. The lowest BCUT2D eigenvalue weighted by Crippen LogP contribution is -2.21. The molecule has 0 saturated heterocycles. The van der Waals surface area contributed by atoms with Gasteiger partial charge in [-0.05, 0) is 19.4 Å². The van der Waals surface area contributed by atoms with Gasteiger partial charge in [-0.1, -0.05) is 0 Å². The summed E-state index contributed by atoms with van der Waals surface area (Å²) >= 11 is 0. The van der Waals surface area contributed by atoms with Crippen LogP contribution >= 0.6 is 0 Å². The van der Waals surface area contributed by atoms with Crippen LogP contribution in [0.4, 0.5) is 0 Å². The molecule has 2 rings (SSSR count). The van der Waals surface area contributed by atoms with Gasteiger partial charge in [0.25, 0.3) is 0 Å². The van der Waals surface area contributed by atoms with Gasteiger partial charge in [0.1, 0.15) is 11.6 Å². The van der Waals surface area contributed by atoms with E-state index in [1.54, 1.807) is 6.20 Å². The summed E-state index contributed by atoms with van der Waals surface area (Å²) in [4.78, 5) is 22.7. The molecule has 1 aliphatic carbocycles. The zero-order chi connectivity index (χ0) is 11.7. The summed E-state index contributed by atoms with van der Waals surface area (Å²) < 4.78 is 1.86. The molecule has 0 N–H and O–H groups in total. The predicted molar refractivity (Wildman–Crippen MR) is 59.2 cm³/mol. The predicted octanol–water partition coefficient (Wildman–Crippen LogP) is 1.87. The minimum atomic E-state index is 0.0428. The molecule has 0 aromatic carbocycles. The number of rotatable bonds is 2. The van der Waals surface area contributed by atoms with Crippen LogP contribution < -0.4 is 0 Å². The van der Waals surface area contributed by atoms with E-state index < -0.39 is 0 Å². The van der Waals surface area contributed by atoms with Gasteiger partial charge >= 0.3 is 0 Å². The molecule has 16 heavy (non-hydrogen) atoms. The molecule has 4 nitrogen and oxygen atoms in total. The first-order chi connectivity index (χ1) is 7.56. The van der Waals surface area contributed by atoms with Crippen molar-refractivity contribution in [2.45, 2.75) is 45.1 Å². The molecular formula is C12H16N2O2. The van der Waals surface area contributed by atoms with Gasteiger partial charge in [-0.3, -0.25) is 14.3 Å². The fourth-order valence-electron chi connectivity index (χ4n) is 2.07. The van der Waals surface area contributed by atoms with Crippen molar-refractivity contribution < 1.29 is 9.59 Å². The lowest BCUT2D eigenvalue weighted by atomic mass is 9.84. The molecule has 1 fully saturated rings. The van der Waals surface area contributed by atoms with Crippen molar-refractivity contribution in [2.75, 3.05) is 0 Å². The number of Topliss-reactive ketones (excluding diaryl/α,β-unsaturated/α-hetero) is 2. The second kappa shape index (κ2) is 4.20. The van der Waals surface area contributed by atoms with Crippen LogP contribution in [0.25, 0.3) is 0 Å². The first-order valence-electron chi connectivity index (χ1n) is 5.63. The van der Waals surface area contributed by atoms with Crippen molar-refractivity contribution in [1.29, 1.82) is 0 Å². The molecule has 0 spiro atoms. The Hall–Kier alpha value is -1.45. The zero-order valence-electron chi connectivity index (χ0n) is 9.64. The highest BCUT2D eigenvalue weighted by Crippen LogP contribution is 2.29. The molecule has 0 radical (unpaired) electrons. The highest BCUT2D eigenvalue weighted by atomic mass is 16.1. The number of carbonyl (C=O) groups is 2. The summed E-state index contributed by atoms with van der Waals surface area (Å²) in [5.74, 6) is 0.151. The number of nitrogens with zero attached hydrogens (tertiary/aromatic N) is 2. The molecule has 0 amide bonds. The van der Waals surface area contributed by atoms with Gasteiger partial charge < -0.3 is 0 Å². The zero-order valence-corrected chi connectivity index (χ0v) is 9.64. The van der Waals surface area contributed by atoms with Crippen LogP contribution in [-0.4, -0.2) is 21.3 Å². The normalized spacial score (nSPS) is 18.4. The Kier molecular flexibility index (Phi) is 2.90. The van der Waals surface area contributed by atoms with Gasteiger partial charge in [0.15, 0.2) is 0 Å². The number of hydrogen-bond acceptors (Lipinski definition) is 3. The van der Waals surface area contributed by atoms with E-state index in [1.165, 1.54) is 0 Å². The van der Waals surface area contributed by atoms with E-state index in [0.717, 1.165) is 5.56 Å². The highest BCUT2D eigenvalue weighted by Gasteiger charge is 2.27. The minimum Gasteiger partial charge on any atom is -0.299 e. The third-order valence-corrected chi connectivity index (χ3v) is 2.96. The molecule has 1 aliphatic rings. The molecule has 86 valence electrons. The Morgan fingerprint density at radius 2 is 1.94 bits per heavy atom. The standard InChI is InChI=1S/C12H16N2O2/c1-8(2)14-7-10(6-13-14)9-3-11(15)5-12(16)4-9/h6-9H,3-5H2,1-2H3. The Morgan fingerprint density at radius 3 is 2.44 bits per heavy atom. The summed E-state index contributed by atoms with van der Waals surface area (Å²) in [6.45, 7) is 4.10. The molecule has 1 aromatic heterocycles. The average molecular weight is 220 g/mol. The van der Waals surface area contributed by atoms with Gasteiger partial charge in [-0.2, -0.15) is 5.10 Å². The first kappa shape index (κ1) is 11.0. The molecule has 1 aromatic rings. The topological polar surface area (TPSA) is 52.0 Å². The summed E-state index contributed by atoms with van der Waals surface area (Å²) in [5.41, 5.74) is 1.01. The largest absolute Gasteiger partial charge is 0.299 e. The molecule has 4 heteroatoms. The average Bonchev–Trinajstić information content (AvgIpc) is 2.64. The third kappa shape index (κ3) is 2.21. The van der Waals surface area contributed by atoms with Crippen LogP contribution in [-0.2, 0) is 9.59 Å². The van der Waals surface area contributed by atoms with Crippen molar-refractivity contribution in [3.8, 4) is 0 Å². The monoisotopic (exact) mass is 220 g/mol. The fourth-order valence-corrected chi connectivity index (χ4v) is 2.07. The van der Waals surface area contributed by atoms with Crippen molar-refractivity contribution in [3.63, 3.8) is 0 Å².